The van der Waals surface area contributed by atoms with E-state index < -0.39 is 0 Å². The molecule has 1 aliphatic heterocycles. The van der Waals surface area contributed by atoms with Crippen LogP contribution in [0.15, 0.2) is 65.8 Å². The predicted octanol–water partition coefficient (Wildman–Crippen LogP) is 4.72. The topological polar surface area (TPSA) is 35.9 Å². The van der Waals surface area contributed by atoms with Gasteiger partial charge in [0, 0.05) is 19.5 Å². The van der Waals surface area contributed by atoms with Gasteiger partial charge in [-0.3, -0.25) is 4.79 Å². The second-order valence-corrected chi connectivity index (χ2v) is 8.12. The van der Waals surface area contributed by atoms with Crippen molar-refractivity contribution in [1.82, 2.24) is 9.91 Å². The number of nitrogens with zero attached hydrogens (tertiary/aromatic N) is 3. The Morgan fingerprint density at radius 3 is 2.32 bits per heavy atom. The van der Waals surface area contributed by atoms with Gasteiger partial charge in [0.1, 0.15) is 4.32 Å². The van der Waals surface area contributed by atoms with E-state index in [1.165, 1.54) is 11.8 Å². The van der Waals surface area contributed by atoms with Crippen molar-refractivity contribution in [2.24, 2.45) is 5.10 Å². The van der Waals surface area contributed by atoms with E-state index in [-0.39, 0.29) is 11.9 Å². The molecule has 1 amide bonds. The minimum atomic E-state index is -0.0773. The van der Waals surface area contributed by atoms with Gasteiger partial charge in [0.15, 0.2) is 0 Å². The molecule has 1 aliphatic rings. The first-order valence-corrected chi connectivity index (χ1v) is 10.9. The number of hydrogen-bond donors (Lipinski definition) is 0. The van der Waals surface area contributed by atoms with Gasteiger partial charge in [0.2, 0.25) is 0 Å². The first-order valence-electron chi connectivity index (χ1n) is 9.55. The van der Waals surface area contributed by atoms with Crippen molar-refractivity contribution in [3.05, 3.63) is 71.8 Å². The number of carbonyl (C=O) groups is 1. The molecule has 0 fully saturated rings. The molecule has 0 saturated heterocycles. The molecule has 3 rings (SSSR count). The zero-order valence-corrected chi connectivity index (χ0v) is 17.9. The van der Waals surface area contributed by atoms with E-state index in [0.29, 0.717) is 12.2 Å². The van der Waals surface area contributed by atoms with Crippen LogP contribution in [0.25, 0.3) is 0 Å². The second-order valence-electron chi connectivity index (χ2n) is 6.51. The van der Waals surface area contributed by atoms with E-state index in [0.717, 1.165) is 34.2 Å². The van der Waals surface area contributed by atoms with E-state index in [1.54, 1.807) is 5.01 Å². The summed E-state index contributed by atoms with van der Waals surface area (Å²) in [4.78, 5) is 15.1. The first kappa shape index (κ1) is 20.6. The Kier molecular flexibility index (Phi) is 7.23. The lowest BCUT2D eigenvalue weighted by Crippen LogP contribution is -2.31. The van der Waals surface area contributed by atoms with Crippen molar-refractivity contribution in [3.8, 4) is 0 Å². The van der Waals surface area contributed by atoms with E-state index >= 15 is 0 Å². The molecule has 1 atom stereocenters. The van der Waals surface area contributed by atoms with Crippen LogP contribution in [0.4, 0.5) is 0 Å². The van der Waals surface area contributed by atoms with Crippen molar-refractivity contribution < 1.29 is 4.79 Å². The van der Waals surface area contributed by atoms with Crippen LogP contribution in [0, 0.1) is 0 Å². The highest BCUT2D eigenvalue weighted by Gasteiger charge is 2.33. The summed E-state index contributed by atoms with van der Waals surface area (Å²) < 4.78 is 0.765. The number of hydrogen-bond acceptors (Lipinski definition) is 4. The molecule has 4 nitrogen and oxygen atoms in total. The molecule has 146 valence electrons. The highest BCUT2D eigenvalue weighted by molar-refractivity contribution is 8.23. The third-order valence-electron chi connectivity index (χ3n) is 4.80. The Labute approximate surface area is 176 Å². The fraction of sp³-hybridized carbons (Fsp3) is 0.318. The summed E-state index contributed by atoms with van der Waals surface area (Å²) in [6.07, 6.45) is 0.713. The van der Waals surface area contributed by atoms with Gasteiger partial charge in [-0.05, 0) is 25.0 Å². The van der Waals surface area contributed by atoms with E-state index in [9.17, 15) is 4.79 Å². The molecule has 28 heavy (non-hydrogen) atoms. The quantitative estimate of drug-likeness (QED) is 0.644. The van der Waals surface area contributed by atoms with Crippen molar-refractivity contribution in [2.75, 3.05) is 18.8 Å². The van der Waals surface area contributed by atoms with Gasteiger partial charge in [-0.15, -0.1) is 0 Å². The molecule has 0 spiro atoms. The Hall–Kier alpha value is -2.18. The zero-order chi connectivity index (χ0) is 19.9. The maximum absolute atomic E-state index is 13.0. The van der Waals surface area contributed by atoms with Crippen molar-refractivity contribution in [3.63, 3.8) is 0 Å². The van der Waals surface area contributed by atoms with Crippen LogP contribution in [0.1, 0.15) is 37.4 Å². The molecule has 2 aromatic carbocycles. The minimum absolute atomic E-state index is 0.0145. The number of thioether (sulfide) groups is 1. The predicted molar refractivity (Wildman–Crippen MR) is 122 cm³/mol. The summed E-state index contributed by atoms with van der Waals surface area (Å²) in [6, 6.07) is 20.1. The van der Waals surface area contributed by atoms with Gasteiger partial charge >= 0.3 is 0 Å². The van der Waals surface area contributed by atoms with Crippen LogP contribution in [-0.4, -0.2) is 44.7 Å². The van der Waals surface area contributed by atoms with Crippen LogP contribution in [0.2, 0.25) is 0 Å². The molecule has 0 N–H and O–H groups in total. The van der Waals surface area contributed by atoms with Crippen molar-refractivity contribution >= 4 is 39.9 Å². The van der Waals surface area contributed by atoms with Crippen LogP contribution in [0.5, 0.6) is 0 Å². The molecular formula is C22H25N3OS2. The monoisotopic (exact) mass is 411 g/mol. The average Bonchev–Trinajstić information content (AvgIpc) is 3.20. The number of hydrazone groups is 1. The normalized spacial score (nSPS) is 16.0. The van der Waals surface area contributed by atoms with Crippen LogP contribution in [0.3, 0.4) is 0 Å². The zero-order valence-electron chi connectivity index (χ0n) is 16.2. The molecule has 1 unspecified atom stereocenters. The minimum Gasteiger partial charge on any atom is -0.358 e. The number of carbonyl (C=O) groups excluding carboxylic acids is 1. The van der Waals surface area contributed by atoms with Gasteiger partial charge in [-0.2, -0.15) is 5.10 Å². The van der Waals surface area contributed by atoms with Gasteiger partial charge in [0.25, 0.3) is 5.91 Å². The molecule has 0 aromatic heterocycles. The molecule has 0 aliphatic carbocycles. The van der Waals surface area contributed by atoms with Gasteiger partial charge in [-0.1, -0.05) is 84.6 Å². The fourth-order valence-corrected chi connectivity index (χ4v) is 4.50. The van der Waals surface area contributed by atoms with Gasteiger partial charge in [0.05, 0.1) is 17.5 Å². The molecule has 1 heterocycles. The molecular weight excluding hydrogens is 386 g/mol. The molecule has 2 aromatic rings. The summed E-state index contributed by atoms with van der Waals surface area (Å²) >= 11 is 6.89. The lowest BCUT2D eigenvalue weighted by Gasteiger charge is -2.24. The molecule has 0 radical (unpaired) electrons. The maximum atomic E-state index is 13.0. The third-order valence-corrected chi connectivity index (χ3v) is 6.31. The maximum Gasteiger partial charge on any atom is 0.253 e. The standard InChI is InChI=1S/C22H25N3OS2/c1-3-24(4-2)22(27)28-16-21(26)25-20(18-13-9-6-10-14-18)15-19(23-25)17-11-7-5-8-12-17/h5-14,20H,3-4,15-16H2,1-2H3. The van der Waals surface area contributed by atoms with Crippen molar-refractivity contribution in [2.45, 2.75) is 26.3 Å². The Bertz CT molecular complexity index is 835. The summed E-state index contributed by atoms with van der Waals surface area (Å²) in [5, 5.41) is 6.36. The average molecular weight is 412 g/mol. The van der Waals surface area contributed by atoms with E-state index in [4.69, 9.17) is 17.3 Å². The highest BCUT2D eigenvalue weighted by atomic mass is 32.2. The molecule has 0 saturated carbocycles. The second kappa shape index (κ2) is 9.85. The number of benzene rings is 2. The summed E-state index contributed by atoms with van der Waals surface area (Å²) in [6.45, 7) is 5.84. The fourth-order valence-electron chi connectivity index (χ4n) is 3.24. The first-order chi connectivity index (χ1) is 13.6. The summed E-state index contributed by atoms with van der Waals surface area (Å²) in [7, 11) is 0. The Balaban J connectivity index is 1.78. The smallest absolute Gasteiger partial charge is 0.253 e. The highest BCUT2D eigenvalue weighted by Crippen LogP contribution is 2.33. The number of amides is 1. The Morgan fingerprint density at radius 1 is 1.11 bits per heavy atom. The third kappa shape index (κ3) is 4.80. The Morgan fingerprint density at radius 2 is 1.71 bits per heavy atom. The molecule has 6 heteroatoms. The van der Waals surface area contributed by atoms with Gasteiger partial charge < -0.3 is 4.90 Å². The van der Waals surface area contributed by atoms with E-state index in [1.807, 2.05) is 48.5 Å². The molecule has 0 bridgehead atoms. The van der Waals surface area contributed by atoms with E-state index in [2.05, 4.69) is 30.9 Å². The van der Waals surface area contributed by atoms with Gasteiger partial charge in [-0.25, -0.2) is 5.01 Å². The largest absolute Gasteiger partial charge is 0.358 e. The van der Waals surface area contributed by atoms with Crippen molar-refractivity contribution in [1.29, 1.82) is 0 Å². The van der Waals surface area contributed by atoms with Crippen LogP contribution in [-0.2, 0) is 4.79 Å². The van der Waals surface area contributed by atoms with Crippen LogP contribution >= 0.6 is 24.0 Å². The number of thiocarbonyl (C=S) groups is 1. The summed E-state index contributed by atoms with van der Waals surface area (Å²) in [5.41, 5.74) is 3.10. The lowest BCUT2D eigenvalue weighted by atomic mass is 9.98. The van der Waals surface area contributed by atoms with Crippen LogP contribution < -0.4 is 0 Å². The SMILES string of the molecule is CCN(CC)C(=S)SCC(=O)N1N=C(c2ccccc2)CC1c1ccccc1. The summed E-state index contributed by atoms with van der Waals surface area (Å²) in [5.74, 6) is 0.281. The number of rotatable bonds is 6. The lowest BCUT2D eigenvalue weighted by molar-refractivity contribution is -0.130.